The van der Waals surface area contributed by atoms with Crippen molar-refractivity contribution in [1.29, 1.82) is 0 Å². The number of hydrogen-bond donors (Lipinski definition) is 4. The molecule has 3 fully saturated rings. The average Bonchev–Trinajstić information content (AvgIpc) is 3.65. The van der Waals surface area contributed by atoms with Crippen molar-refractivity contribution in [2.45, 2.75) is 88.9 Å². The maximum Gasteiger partial charge on any atom is 0.284 e. The van der Waals surface area contributed by atoms with Crippen LogP contribution < -0.4 is 16.0 Å². The Morgan fingerprint density at radius 1 is 0.920 bits per heavy atom. The molecule has 5 aromatic rings. The number of rotatable bonds is 24. The summed E-state index contributed by atoms with van der Waals surface area (Å²) < 4.78 is 51.8. The predicted octanol–water partition coefficient (Wildman–Crippen LogP) is 4.12. The molecule has 0 spiro atoms. The van der Waals surface area contributed by atoms with Crippen molar-refractivity contribution in [3.63, 3.8) is 0 Å². The van der Waals surface area contributed by atoms with Crippen molar-refractivity contribution in [1.82, 2.24) is 40.2 Å². The number of benzene rings is 2. The van der Waals surface area contributed by atoms with E-state index in [1.165, 1.54) is 28.6 Å². The summed E-state index contributed by atoms with van der Waals surface area (Å²) in [7, 11) is 0. The van der Waals surface area contributed by atoms with E-state index in [9.17, 15) is 47.4 Å². The first-order valence-corrected chi connectivity index (χ1v) is 24.8. The molecule has 4 N–H and O–H groups in total. The van der Waals surface area contributed by atoms with Crippen LogP contribution in [0.5, 0.6) is 0 Å². The lowest BCUT2D eigenvalue weighted by molar-refractivity contribution is -0.142. The van der Waals surface area contributed by atoms with Crippen LogP contribution in [0.4, 0.5) is 14.5 Å². The van der Waals surface area contributed by atoms with Crippen LogP contribution in [0, 0.1) is 5.92 Å². The van der Waals surface area contributed by atoms with E-state index in [0.29, 0.717) is 41.8 Å². The molecule has 7 amide bonds. The smallest absolute Gasteiger partial charge is 0.284 e. The van der Waals surface area contributed by atoms with Gasteiger partial charge in [0.2, 0.25) is 29.5 Å². The van der Waals surface area contributed by atoms with Crippen molar-refractivity contribution in [3.8, 4) is 17.1 Å². The van der Waals surface area contributed by atoms with Crippen LogP contribution in [0.15, 0.2) is 77.7 Å². The molecule has 2 saturated heterocycles. The lowest BCUT2D eigenvalue weighted by Gasteiger charge is -2.27. The zero-order valence-electron chi connectivity index (χ0n) is 40.7. The summed E-state index contributed by atoms with van der Waals surface area (Å²) in [5.41, 5.74) is 2.72. The molecule has 4 aliphatic rings. The van der Waals surface area contributed by atoms with Crippen LogP contribution in [0.3, 0.4) is 0 Å². The Labute approximate surface area is 428 Å². The number of β-amino-alcohol motifs (C(OH)–C–C–N with tert-alkyl or cyclic N) is 1. The fourth-order valence-electron chi connectivity index (χ4n) is 9.23. The van der Waals surface area contributed by atoms with Crippen molar-refractivity contribution < 1.29 is 66.1 Å². The number of amides is 7. The molecule has 23 heteroatoms. The second-order valence-corrected chi connectivity index (χ2v) is 18.7. The SMILES string of the molecule is O=C1CCC(N2C(=O)c3cccc(CCCOCCOCCOCC(=O)N4C[C@H](O)C[C@H]4C(=O)NCc4ccc(-n5cc(NC(=O)c6coc(-c7ccnc(CCC8CC8)c7)n6)c(C(F)F)n5)cc4)c3C2=O)C(=O)N1. The number of aromatic nitrogens is 4. The number of oxazole rings is 1. The molecule has 1 unspecified atom stereocenters. The predicted molar refractivity (Wildman–Crippen MR) is 259 cm³/mol. The van der Waals surface area contributed by atoms with Crippen LogP contribution in [0.2, 0.25) is 0 Å². The first kappa shape index (κ1) is 52.3. The largest absolute Gasteiger partial charge is 0.444 e. The lowest BCUT2D eigenvalue weighted by atomic mass is 9.99. The number of piperidine rings is 1. The fraction of sp³-hybridized carbons (Fsp3) is 0.423. The minimum atomic E-state index is -3.02. The van der Waals surface area contributed by atoms with Crippen molar-refractivity contribution in [2.24, 2.45) is 5.92 Å². The summed E-state index contributed by atoms with van der Waals surface area (Å²) in [4.78, 5) is 101. The van der Waals surface area contributed by atoms with Gasteiger partial charge in [-0.1, -0.05) is 37.1 Å². The van der Waals surface area contributed by atoms with Crippen LogP contribution >= 0.6 is 0 Å². The number of hydrogen-bond acceptors (Lipinski definition) is 15. The zero-order chi connectivity index (χ0) is 52.6. The second kappa shape index (κ2) is 23.7. The van der Waals surface area contributed by atoms with Gasteiger partial charge in [0.1, 0.15) is 25.0 Å². The molecule has 1 aliphatic carbocycles. The van der Waals surface area contributed by atoms with E-state index < -0.39 is 71.7 Å². The molecule has 394 valence electrons. The quantitative estimate of drug-likeness (QED) is 0.0500. The first-order valence-electron chi connectivity index (χ1n) is 24.8. The van der Waals surface area contributed by atoms with Gasteiger partial charge in [-0.15, -0.1) is 0 Å². The molecular weight excluding hydrogens is 981 g/mol. The maximum atomic E-state index is 14.2. The second-order valence-electron chi connectivity index (χ2n) is 18.7. The number of fused-ring (bicyclic) bond motifs is 1. The van der Waals surface area contributed by atoms with Crippen molar-refractivity contribution >= 4 is 47.0 Å². The first-order chi connectivity index (χ1) is 36.3. The average molecular weight is 1040 g/mol. The number of aryl methyl sites for hydroxylation is 2. The van der Waals surface area contributed by atoms with Gasteiger partial charge in [0.25, 0.3) is 24.1 Å². The Balaban J connectivity index is 0.666. The van der Waals surface area contributed by atoms with E-state index in [1.54, 1.807) is 54.7 Å². The van der Waals surface area contributed by atoms with Crippen LogP contribution in [-0.4, -0.2) is 140 Å². The summed E-state index contributed by atoms with van der Waals surface area (Å²) in [5, 5.41) is 21.9. The number of carbonyl (C=O) groups is 7. The Morgan fingerprint density at radius 2 is 1.69 bits per heavy atom. The molecule has 9 rings (SSSR count). The Kier molecular flexibility index (Phi) is 16.5. The Morgan fingerprint density at radius 3 is 2.45 bits per heavy atom. The van der Waals surface area contributed by atoms with E-state index >= 15 is 0 Å². The van der Waals surface area contributed by atoms with Crippen molar-refractivity contribution in [2.75, 3.05) is 51.5 Å². The molecule has 3 aliphatic heterocycles. The number of carbonyl (C=O) groups excluding carboxylic acids is 7. The number of halogens is 2. The molecular formula is C52H55F2N9O12. The van der Waals surface area contributed by atoms with Gasteiger partial charge in [0, 0.05) is 50.0 Å². The number of ether oxygens (including phenoxy) is 3. The minimum Gasteiger partial charge on any atom is -0.444 e. The third-order valence-electron chi connectivity index (χ3n) is 13.3. The zero-order valence-corrected chi connectivity index (χ0v) is 40.7. The van der Waals surface area contributed by atoms with Gasteiger partial charge in [-0.3, -0.25) is 48.8 Å². The van der Waals surface area contributed by atoms with Crippen LogP contribution in [-0.2, 0) is 52.8 Å². The Hall–Kier alpha value is -7.60. The summed E-state index contributed by atoms with van der Waals surface area (Å²) in [6, 6.07) is 13.1. The normalized spacial score (nSPS) is 18.5. The number of likely N-dealkylation sites (tertiary alicyclic amines) is 1. The van der Waals surface area contributed by atoms with E-state index in [-0.39, 0.29) is 93.8 Å². The lowest BCUT2D eigenvalue weighted by Crippen LogP contribution is -2.54. The summed E-state index contributed by atoms with van der Waals surface area (Å²) in [6.45, 7) is 0.725. The van der Waals surface area contributed by atoms with E-state index in [1.807, 2.05) is 6.07 Å². The molecule has 3 atom stereocenters. The van der Waals surface area contributed by atoms with E-state index in [2.05, 4.69) is 31.0 Å². The molecule has 75 heavy (non-hydrogen) atoms. The van der Waals surface area contributed by atoms with Crippen LogP contribution in [0.1, 0.15) is 105 Å². The van der Waals surface area contributed by atoms with Gasteiger partial charge >= 0.3 is 0 Å². The molecule has 6 heterocycles. The summed E-state index contributed by atoms with van der Waals surface area (Å²) >= 11 is 0. The maximum absolute atomic E-state index is 14.2. The number of nitrogens with one attached hydrogen (secondary N) is 3. The highest BCUT2D eigenvalue weighted by Crippen LogP contribution is 2.34. The fourth-order valence-corrected chi connectivity index (χ4v) is 9.23. The van der Waals surface area contributed by atoms with E-state index in [4.69, 9.17) is 18.6 Å². The summed E-state index contributed by atoms with van der Waals surface area (Å²) in [5.74, 6) is -3.02. The van der Waals surface area contributed by atoms with Gasteiger partial charge in [0.05, 0.1) is 61.2 Å². The van der Waals surface area contributed by atoms with Gasteiger partial charge in [0.15, 0.2) is 11.4 Å². The number of anilines is 1. The highest BCUT2D eigenvalue weighted by atomic mass is 19.3. The highest BCUT2D eigenvalue weighted by Gasteiger charge is 2.45. The number of imide groups is 2. The third kappa shape index (κ3) is 12.7. The number of alkyl halides is 2. The monoisotopic (exact) mass is 1040 g/mol. The molecule has 0 bridgehead atoms. The third-order valence-corrected chi connectivity index (χ3v) is 13.3. The molecule has 21 nitrogen and oxygen atoms in total. The van der Waals surface area contributed by atoms with Gasteiger partial charge in [-0.2, -0.15) is 5.10 Å². The number of aliphatic hydroxyl groups is 1. The number of pyridine rings is 1. The van der Waals surface area contributed by atoms with Crippen molar-refractivity contribution in [3.05, 3.63) is 113 Å². The topological polar surface area (TPSA) is 267 Å². The van der Waals surface area contributed by atoms with Crippen LogP contribution in [0.25, 0.3) is 17.1 Å². The number of aliphatic hydroxyl groups excluding tert-OH is 1. The van der Waals surface area contributed by atoms with Gasteiger partial charge in [-0.05, 0) is 79.5 Å². The minimum absolute atomic E-state index is 0.0303. The molecule has 3 aromatic heterocycles. The molecule has 1 saturated carbocycles. The highest BCUT2D eigenvalue weighted by molar-refractivity contribution is 6.24. The standard InChI is InChI=1S/C52H55F2N9O12/c53-46(54)45-38(57-47(67)39-28-75-50(58-39)33-16-17-55-34(23-33)11-8-30-6-7-30)27-62(60-45)35-12-9-31(10-13-35)25-56-48(68)41-24-36(64)26-61(41)43(66)29-74-22-21-73-20-19-72-18-2-4-32-3-1-5-37-44(32)52(71)63(51(37)70)40-14-15-42(65)59-49(40)69/h1,3,5,9-10,12-13,16-17,23,27-28,30,36,40-41,46,64H,2,4,6-8,11,14-15,18-22,24-26,29H2,(H,56,68)(H,57,67)(H,59,65,69)/t36-,40?,41+/m1/s1. The van der Waals surface area contributed by atoms with Gasteiger partial charge < -0.3 is 39.3 Å². The number of nitrogens with zero attached hydrogens (tertiary/aromatic N) is 6. The van der Waals surface area contributed by atoms with E-state index in [0.717, 1.165) is 35.6 Å². The molecule has 2 aromatic carbocycles. The van der Waals surface area contributed by atoms with Gasteiger partial charge in [-0.25, -0.2) is 18.4 Å². The summed E-state index contributed by atoms with van der Waals surface area (Å²) in [6.07, 6.45) is 5.61. The Bertz CT molecular complexity index is 2940. The molecule has 0 radical (unpaired) electrons.